The van der Waals surface area contributed by atoms with Gasteiger partial charge in [0.1, 0.15) is 17.2 Å². The molecule has 0 amide bonds. The van der Waals surface area contributed by atoms with Crippen LogP contribution >= 0.6 is 0 Å². The Morgan fingerprint density at radius 2 is 1.15 bits per heavy atom. The number of hydrogen-bond acceptors (Lipinski definition) is 8. The minimum absolute atomic E-state index is 0.382. The van der Waals surface area contributed by atoms with E-state index in [2.05, 4.69) is 26.2 Å². The highest BCUT2D eigenvalue weighted by Crippen LogP contribution is 2.25. The second kappa shape index (κ2) is 22.6. The van der Waals surface area contributed by atoms with Crippen molar-refractivity contribution in [1.82, 2.24) is 0 Å². The SMILES string of the molecule is CCCCOC(=O)C(C)Oc1ccc(OC(=O)c2ccc(-c3ccc(OCCCCCCCCCCC[Si](C)(OC)O[Si](C)(C)C)cc3)cc2)cc1. The highest BCUT2D eigenvalue weighted by Gasteiger charge is 2.34. The fourth-order valence-electron chi connectivity index (χ4n) is 5.80. The van der Waals surface area contributed by atoms with Crippen LogP contribution in [0.5, 0.6) is 17.2 Å². The predicted molar refractivity (Wildman–Crippen MR) is 214 cm³/mol. The number of carbonyl (C=O) groups excluding carboxylic acids is 2. The van der Waals surface area contributed by atoms with Gasteiger partial charge in [-0.1, -0.05) is 89.0 Å². The molecule has 0 aromatic heterocycles. The molecule has 3 rings (SSSR count). The third-order valence-electron chi connectivity index (χ3n) is 8.73. The zero-order chi connectivity index (χ0) is 37.8. The van der Waals surface area contributed by atoms with Crippen LogP contribution in [0.25, 0.3) is 11.1 Å². The van der Waals surface area contributed by atoms with E-state index in [0.29, 0.717) is 23.7 Å². The molecule has 3 aromatic carbocycles. The van der Waals surface area contributed by atoms with E-state index in [9.17, 15) is 9.59 Å². The van der Waals surface area contributed by atoms with Gasteiger partial charge in [-0.15, -0.1) is 0 Å². The molecule has 10 heteroatoms. The fraction of sp³-hybridized carbons (Fsp3) is 0.524. The van der Waals surface area contributed by atoms with Crippen LogP contribution in [0.3, 0.4) is 0 Å². The van der Waals surface area contributed by atoms with Crippen molar-refractivity contribution in [2.45, 2.75) is 123 Å². The van der Waals surface area contributed by atoms with E-state index in [0.717, 1.165) is 48.8 Å². The number of esters is 2. The van der Waals surface area contributed by atoms with Gasteiger partial charge in [-0.2, -0.15) is 0 Å². The van der Waals surface area contributed by atoms with Gasteiger partial charge in [-0.25, -0.2) is 9.59 Å². The summed E-state index contributed by atoms with van der Waals surface area (Å²) < 4.78 is 34.6. The maximum absolute atomic E-state index is 12.8. The molecule has 0 saturated heterocycles. The largest absolute Gasteiger partial charge is 0.494 e. The summed E-state index contributed by atoms with van der Waals surface area (Å²) in [6, 6.07) is 23.1. The molecule has 0 fully saturated rings. The number of unbranched alkanes of at least 4 members (excludes halogenated alkanes) is 9. The lowest BCUT2D eigenvalue weighted by Crippen LogP contribution is -2.46. The lowest BCUT2D eigenvalue weighted by Gasteiger charge is -2.32. The quantitative estimate of drug-likeness (QED) is 0.0366. The predicted octanol–water partition coefficient (Wildman–Crippen LogP) is 11.1. The molecular weight excluding hydrogens is 689 g/mol. The Balaban J connectivity index is 1.28. The summed E-state index contributed by atoms with van der Waals surface area (Å²) in [5.41, 5.74) is 2.49. The summed E-state index contributed by atoms with van der Waals surface area (Å²) in [5, 5.41) is 0. The summed E-state index contributed by atoms with van der Waals surface area (Å²) >= 11 is 0. The zero-order valence-corrected chi connectivity index (χ0v) is 34.7. The molecule has 3 aromatic rings. The molecule has 0 saturated carbocycles. The van der Waals surface area contributed by atoms with E-state index >= 15 is 0 Å². The first-order valence-electron chi connectivity index (χ1n) is 19.2. The van der Waals surface area contributed by atoms with Gasteiger partial charge in [0, 0.05) is 7.11 Å². The summed E-state index contributed by atoms with van der Waals surface area (Å²) in [4.78, 5) is 24.8. The molecule has 0 N–H and O–H groups in total. The molecule has 0 spiro atoms. The molecule has 2 atom stereocenters. The van der Waals surface area contributed by atoms with Gasteiger partial charge < -0.3 is 27.5 Å². The van der Waals surface area contributed by atoms with Gasteiger partial charge in [0.05, 0.1) is 18.8 Å². The highest BCUT2D eigenvalue weighted by atomic mass is 28.4. The topological polar surface area (TPSA) is 89.5 Å². The van der Waals surface area contributed by atoms with E-state index in [1.807, 2.05) is 50.4 Å². The standard InChI is InChI=1S/C42H62O8Si2/c1-8-9-31-47-41(43)34(2)48-39-27-29-40(30-28-39)49-42(44)37-21-19-35(20-22-37)36-23-25-38(26-24-36)46-32-17-15-13-11-10-12-14-16-18-33-52(7,45-3)50-51(4,5)6/h19-30,34H,8-18,31-33H2,1-7H3. The maximum Gasteiger partial charge on any atom is 0.347 e. The van der Waals surface area contributed by atoms with Crippen LogP contribution in [-0.2, 0) is 18.1 Å². The Kier molecular flexibility index (Phi) is 18.7. The molecule has 0 aliphatic heterocycles. The zero-order valence-electron chi connectivity index (χ0n) is 32.7. The van der Waals surface area contributed by atoms with E-state index in [-0.39, 0.29) is 0 Å². The summed E-state index contributed by atoms with van der Waals surface area (Å²) in [7, 11) is -1.74. The van der Waals surface area contributed by atoms with Crippen LogP contribution in [0.2, 0.25) is 32.2 Å². The van der Waals surface area contributed by atoms with Crippen molar-refractivity contribution >= 4 is 28.8 Å². The third kappa shape index (κ3) is 16.5. The van der Waals surface area contributed by atoms with Crippen molar-refractivity contribution < 1.29 is 37.1 Å². The lowest BCUT2D eigenvalue weighted by molar-refractivity contribution is -0.151. The Labute approximate surface area is 314 Å². The minimum atomic E-state index is -2.00. The molecule has 8 nitrogen and oxygen atoms in total. The molecular formula is C42H62O8Si2. The first-order chi connectivity index (χ1) is 24.9. The minimum Gasteiger partial charge on any atom is -0.494 e. The molecule has 0 aliphatic rings. The van der Waals surface area contributed by atoms with Crippen LogP contribution in [-0.4, -0.2) is 55.2 Å². The van der Waals surface area contributed by atoms with Gasteiger partial charge in [-0.3, -0.25) is 0 Å². The first-order valence-corrected chi connectivity index (χ1v) is 25.1. The van der Waals surface area contributed by atoms with Gasteiger partial charge >= 0.3 is 20.5 Å². The number of ether oxygens (including phenoxy) is 4. The van der Waals surface area contributed by atoms with E-state index < -0.39 is 34.9 Å². The third-order valence-corrected chi connectivity index (χ3v) is 15.0. The fourth-order valence-corrected chi connectivity index (χ4v) is 12.8. The average molecular weight is 751 g/mol. The summed E-state index contributed by atoms with van der Waals surface area (Å²) in [6.45, 7) is 13.7. The van der Waals surface area contributed by atoms with Crippen LogP contribution in [0, 0.1) is 0 Å². The number of carbonyl (C=O) groups is 2. The van der Waals surface area contributed by atoms with Gasteiger partial charge in [0.15, 0.2) is 14.4 Å². The van der Waals surface area contributed by atoms with Gasteiger partial charge in [0.2, 0.25) is 0 Å². The molecule has 0 aliphatic carbocycles. The van der Waals surface area contributed by atoms with Gasteiger partial charge in [-0.05, 0) is 112 Å². The van der Waals surface area contributed by atoms with Crippen molar-refractivity contribution in [2.24, 2.45) is 0 Å². The number of rotatable bonds is 25. The van der Waals surface area contributed by atoms with Crippen molar-refractivity contribution in [3.05, 3.63) is 78.4 Å². The highest BCUT2D eigenvalue weighted by molar-refractivity contribution is 6.81. The smallest absolute Gasteiger partial charge is 0.347 e. The van der Waals surface area contributed by atoms with Crippen molar-refractivity contribution in [2.75, 3.05) is 20.3 Å². The van der Waals surface area contributed by atoms with Crippen molar-refractivity contribution in [1.29, 1.82) is 0 Å². The lowest BCUT2D eigenvalue weighted by atomic mass is 10.0. The Morgan fingerprint density at radius 1 is 0.635 bits per heavy atom. The van der Waals surface area contributed by atoms with E-state index in [1.54, 1.807) is 43.3 Å². The van der Waals surface area contributed by atoms with Crippen LogP contribution in [0.4, 0.5) is 0 Å². The maximum atomic E-state index is 12.8. The first kappa shape index (κ1) is 43.0. The number of benzene rings is 3. The Hall–Kier alpha value is -3.45. The molecule has 0 bridgehead atoms. The molecule has 0 heterocycles. The van der Waals surface area contributed by atoms with Gasteiger partial charge in [0.25, 0.3) is 0 Å². The summed E-state index contributed by atoms with van der Waals surface area (Å²) in [5.74, 6) is 0.874. The molecule has 52 heavy (non-hydrogen) atoms. The van der Waals surface area contributed by atoms with Crippen molar-refractivity contribution in [3.63, 3.8) is 0 Å². The van der Waals surface area contributed by atoms with Crippen LogP contribution in [0.1, 0.15) is 94.8 Å². The number of hydrogen-bond donors (Lipinski definition) is 0. The van der Waals surface area contributed by atoms with E-state index in [1.165, 1.54) is 51.4 Å². The Morgan fingerprint density at radius 3 is 1.71 bits per heavy atom. The molecule has 2 unspecified atom stereocenters. The van der Waals surface area contributed by atoms with Crippen LogP contribution in [0.15, 0.2) is 72.8 Å². The second-order valence-corrected chi connectivity index (χ2v) is 22.8. The second-order valence-electron chi connectivity index (χ2n) is 14.6. The average Bonchev–Trinajstić information content (AvgIpc) is 3.12. The van der Waals surface area contributed by atoms with Crippen molar-refractivity contribution in [3.8, 4) is 28.4 Å². The summed E-state index contributed by atoms with van der Waals surface area (Å²) in [6.07, 6.45) is 12.2. The normalized spacial score (nSPS) is 13.2. The monoisotopic (exact) mass is 750 g/mol. The molecule has 286 valence electrons. The van der Waals surface area contributed by atoms with Crippen LogP contribution < -0.4 is 14.2 Å². The molecule has 0 radical (unpaired) electrons. The van der Waals surface area contributed by atoms with E-state index in [4.69, 9.17) is 27.5 Å². The Bertz CT molecular complexity index is 1460.